The van der Waals surface area contributed by atoms with Crippen LogP contribution in [0.15, 0.2) is 24.3 Å². The summed E-state index contributed by atoms with van der Waals surface area (Å²) >= 11 is 0. The zero-order valence-corrected chi connectivity index (χ0v) is 10.6. The topological polar surface area (TPSA) is 72.5 Å². The molecule has 0 saturated carbocycles. The second-order valence-corrected chi connectivity index (χ2v) is 5.22. The molecule has 1 N–H and O–H groups in total. The van der Waals surface area contributed by atoms with Crippen molar-refractivity contribution in [3.8, 4) is 0 Å². The van der Waals surface area contributed by atoms with Gasteiger partial charge in [0.1, 0.15) is 5.82 Å². The third kappa shape index (κ3) is 4.54. The Morgan fingerprint density at radius 3 is 2.61 bits per heavy atom. The molecule has 0 aromatic heterocycles. The summed E-state index contributed by atoms with van der Waals surface area (Å²) in [7, 11) is -2.30. The summed E-state index contributed by atoms with van der Waals surface area (Å²) in [5.41, 5.74) is 0.268. The lowest BCUT2D eigenvalue weighted by molar-refractivity contribution is -0.134. The van der Waals surface area contributed by atoms with Crippen LogP contribution in [0, 0.1) is 5.82 Å². The van der Waals surface area contributed by atoms with Gasteiger partial charge in [0.25, 0.3) is 0 Å². The first-order chi connectivity index (χ1) is 8.31. The molecule has 0 fully saturated rings. The van der Waals surface area contributed by atoms with Gasteiger partial charge in [-0.1, -0.05) is 6.07 Å². The van der Waals surface area contributed by atoms with Crippen molar-refractivity contribution in [2.24, 2.45) is 0 Å². The molecule has 0 aliphatic heterocycles. The van der Waals surface area contributed by atoms with Crippen LogP contribution in [0.4, 0.5) is 10.1 Å². The number of esters is 1. The van der Waals surface area contributed by atoms with Gasteiger partial charge in [-0.05, 0) is 23.8 Å². The monoisotopic (exact) mass is 273 g/mol. The van der Waals surface area contributed by atoms with Gasteiger partial charge in [-0.25, -0.2) is 17.6 Å². The number of nitrogens with one attached hydrogen (secondary N) is 1. The summed E-state index contributed by atoms with van der Waals surface area (Å²) in [5.74, 6) is -1.29. The van der Waals surface area contributed by atoms with E-state index >= 15 is 0 Å². The summed E-state index contributed by atoms with van der Waals surface area (Å²) in [6.07, 6.45) is 3.43. The molecule has 0 bridgehead atoms. The van der Waals surface area contributed by atoms with E-state index in [0.29, 0.717) is 5.56 Å². The Bertz CT molecular complexity index is 581. The second kappa shape index (κ2) is 5.63. The summed E-state index contributed by atoms with van der Waals surface area (Å²) in [5, 5.41) is 0. The first-order valence-corrected chi connectivity index (χ1v) is 6.74. The Hall–Kier alpha value is -1.89. The van der Waals surface area contributed by atoms with E-state index in [1.807, 2.05) is 4.72 Å². The van der Waals surface area contributed by atoms with E-state index in [1.165, 1.54) is 25.3 Å². The first-order valence-electron chi connectivity index (χ1n) is 4.85. The third-order valence-corrected chi connectivity index (χ3v) is 2.49. The number of methoxy groups -OCH3 is 1. The maximum absolute atomic E-state index is 13.5. The number of carbonyl (C=O) groups is 1. The Balaban J connectivity index is 2.93. The van der Waals surface area contributed by atoms with Crippen molar-refractivity contribution < 1.29 is 22.3 Å². The standard InChI is InChI=1S/C11H12FNO4S/c1-17-11(14)6-4-8-3-5-10(9(12)7-8)13-18(2,15)16/h3-7,13H,1-2H3. The molecule has 18 heavy (non-hydrogen) atoms. The first kappa shape index (κ1) is 14.2. The number of hydrogen-bond donors (Lipinski definition) is 1. The Morgan fingerprint density at radius 1 is 1.44 bits per heavy atom. The van der Waals surface area contributed by atoms with Crippen molar-refractivity contribution in [2.75, 3.05) is 18.1 Å². The SMILES string of the molecule is COC(=O)C=Cc1ccc(NS(C)(=O)=O)c(F)c1. The number of carbonyl (C=O) groups excluding carboxylic acids is 1. The van der Waals surface area contributed by atoms with Gasteiger partial charge in [0.05, 0.1) is 19.1 Å². The lowest BCUT2D eigenvalue weighted by atomic mass is 10.2. The number of benzene rings is 1. The molecular weight excluding hydrogens is 261 g/mol. The minimum Gasteiger partial charge on any atom is -0.466 e. The molecule has 0 saturated heterocycles. The highest BCUT2D eigenvalue weighted by atomic mass is 32.2. The Kier molecular flexibility index (Phi) is 4.43. The van der Waals surface area contributed by atoms with Crippen molar-refractivity contribution in [3.05, 3.63) is 35.7 Å². The summed E-state index contributed by atoms with van der Waals surface area (Å²) in [6, 6.07) is 3.84. The number of sulfonamides is 1. The van der Waals surface area contributed by atoms with Crippen molar-refractivity contribution in [3.63, 3.8) is 0 Å². The van der Waals surface area contributed by atoms with Crippen molar-refractivity contribution >= 4 is 27.8 Å². The smallest absolute Gasteiger partial charge is 0.330 e. The number of anilines is 1. The molecule has 98 valence electrons. The van der Waals surface area contributed by atoms with Crippen molar-refractivity contribution in [2.45, 2.75) is 0 Å². The van der Waals surface area contributed by atoms with E-state index in [2.05, 4.69) is 4.74 Å². The van der Waals surface area contributed by atoms with Crippen LogP contribution in [0.2, 0.25) is 0 Å². The molecule has 1 aromatic rings. The molecule has 1 rings (SSSR count). The zero-order chi connectivity index (χ0) is 13.8. The molecule has 0 spiro atoms. The van der Waals surface area contributed by atoms with Crippen molar-refractivity contribution in [1.29, 1.82) is 0 Å². The van der Waals surface area contributed by atoms with E-state index in [-0.39, 0.29) is 5.69 Å². The van der Waals surface area contributed by atoms with Gasteiger partial charge in [0, 0.05) is 6.08 Å². The highest BCUT2D eigenvalue weighted by molar-refractivity contribution is 7.92. The average molecular weight is 273 g/mol. The third-order valence-electron chi connectivity index (χ3n) is 1.90. The molecule has 7 heteroatoms. The number of ether oxygens (including phenoxy) is 1. The molecule has 0 aliphatic carbocycles. The van der Waals surface area contributed by atoms with Gasteiger partial charge in [0.15, 0.2) is 0 Å². The number of rotatable bonds is 4. The fraction of sp³-hybridized carbons (Fsp3) is 0.182. The van der Waals surface area contributed by atoms with Gasteiger partial charge >= 0.3 is 5.97 Å². The van der Waals surface area contributed by atoms with Crippen LogP contribution < -0.4 is 4.72 Å². The van der Waals surface area contributed by atoms with E-state index in [1.54, 1.807) is 0 Å². The van der Waals surface area contributed by atoms with Crippen LogP contribution in [0.5, 0.6) is 0 Å². The lowest BCUT2D eigenvalue weighted by Gasteiger charge is -2.05. The molecule has 5 nitrogen and oxygen atoms in total. The lowest BCUT2D eigenvalue weighted by Crippen LogP contribution is -2.10. The predicted molar refractivity (Wildman–Crippen MR) is 65.9 cm³/mol. The molecule has 0 unspecified atom stereocenters. The summed E-state index contributed by atoms with van der Waals surface area (Å²) < 4.78 is 41.8. The quantitative estimate of drug-likeness (QED) is 0.664. The van der Waals surface area contributed by atoms with Crippen molar-refractivity contribution in [1.82, 2.24) is 0 Å². The number of hydrogen-bond acceptors (Lipinski definition) is 4. The molecule has 0 radical (unpaired) electrons. The van der Waals surface area contributed by atoms with Crippen LogP contribution in [0.25, 0.3) is 6.08 Å². The van der Waals surface area contributed by atoms with Crippen LogP contribution in [0.1, 0.15) is 5.56 Å². The van der Waals surface area contributed by atoms with Crippen LogP contribution >= 0.6 is 0 Å². The molecule has 0 amide bonds. The van der Waals surface area contributed by atoms with E-state index in [9.17, 15) is 17.6 Å². The Morgan fingerprint density at radius 2 is 2.11 bits per heavy atom. The number of halogens is 1. The van der Waals surface area contributed by atoms with E-state index in [4.69, 9.17) is 0 Å². The van der Waals surface area contributed by atoms with Gasteiger partial charge in [-0.2, -0.15) is 0 Å². The highest BCUT2D eigenvalue weighted by Crippen LogP contribution is 2.17. The van der Waals surface area contributed by atoms with Gasteiger partial charge in [0.2, 0.25) is 10.0 Å². The fourth-order valence-corrected chi connectivity index (χ4v) is 1.71. The molecule has 0 aliphatic rings. The maximum atomic E-state index is 13.5. The van der Waals surface area contributed by atoms with E-state index in [0.717, 1.165) is 18.4 Å². The predicted octanol–water partition coefficient (Wildman–Crippen LogP) is 1.38. The zero-order valence-electron chi connectivity index (χ0n) is 9.81. The molecule has 0 atom stereocenters. The average Bonchev–Trinajstić information content (AvgIpc) is 2.27. The van der Waals surface area contributed by atoms with Crippen LogP contribution in [-0.4, -0.2) is 27.8 Å². The normalized spacial score (nSPS) is 11.5. The molecular formula is C11H12FNO4S. The second-order valence-electron chi connectivity index (χ2n) is 3.47. The fourth-order valence-electron chi connectivity index (χ4n) is 1.15. The Labute approximate surface area is 104 Å². The van der Waals surface area contributed by atoms with Gasteiger partial charge < -0.3 is 4.74 Å². The summed E-state index contributed by atoms with van der Waals surface area (Å²) in [4.78, 5) is 10.8. The van der Waals surface area contributed by atoms with Crippen LogP contribution in [0.3, 0.4) is 0 Å². The highest BCUT2D eigenvalue weighted by Gasteiger charge is 2.07. The van der Waals surface area contributed by atoms with Gasteiger partial charge in [-0.3, -0.25) is 4.72 Å². The van der Waals surface area contributed by atoms with Gasteiger partial charge in [-0.15, -0.1) is 0 Å². The minimum atomic E-state index is -3.52. The maximum Gasteiger partial charge on any atom is 0.330 e. The molecule has 1 aromatic carbocycles. The molecule has 0 heterocycles. The van der Waals surface area contributed by atoms with E-state index < -0.39 is 21.8 Å². The summed E-state index contributed by atoms with van der Waals surface area (Å²) in [6.45, 7) is 0. The largest absolute Gasteiger partial charge is 0.466 e. The van der Waals surface area contributed by atoms with Crippen LogP contribution in [-0.2, 0) is 19.6 Å². The minimum absolute atomic E-state index is 0.146.